The van der Waals surface area contributed by atoms with Crippen LogP contribution in [-0.2, 0) is 19.2 Å². The van der Waals surface area contributed by atoms with Crippen molar-refractivity contribution in [2.24, 2.45) is 32.5 Å². The van der Waals surface area contributed by atoms with Gasteiger partial charge in [-0.05, 0) is 71.9 Å². The number of anilines is 2. The first-order valence-electron chi connectivity index (χ1n) is 15.6. The highest BCUT2D eigenvalue weighted by atomic mass is 16.5. The molecule has 6 rings (SSSR count). The molecule has 0 aliphatic heterocycles. The molecule has 0 aromatic heterocycles. The number of hydrogen-bond acceptors (Lipinski definition) is 6. The van der Waals surface area contributed by atoms with E-state index in [1.165, 1.54) is 0 Å². The van der Waals surface area contributed by atoms with E-state index < -0.39 is 32.5 Å². The van der Waals surface area contributed by atoms with Gasteiger partial charge in [0.2, 0.25) is 11.8 Å². The number of amides is 2. The van der Waals surface area contributed by atoms with Crippen molar-refractivity contribution in [2.45, 2.75) is 80.1 Å². The Hall–Kier alpha value is -3.68. The third-order valence-corrected chi connectivity index (χ3v) is 13.5. The standard InChI is InChI=1S/C36H44N2O6/c1-31(2)33(5)13-15-35(31,19-27(33)39)29(41)37-23-11-9-21(17-25(23)43-7)22-10-12-24(26(18-22)44-8)38-30(42)36-16-14-34(6,28(40)20-36)32(36,3)4/h9-12,17-18H,13-16,19-20H2,1-8H3,(H,37,41)(H,38,42)/t33-,34+,35-,36-/m1/s1. The van der Waals surface area contributed by atoms with Crippen LogP contribution in [0.2, 0.25) is 0 Å². The summed E-state index contributed by atoms with van der Waals surface area (Å²) in [4.78, 5) is 53.3. The van der Waals surface area contributed by atoms with Gasteiger partial charge in [-0.25, -0.2) is 0 Å². The predicted molar refractivity (Wildman–Crippen MR) is 169 cm³/mol. The number of benzene rings is 2. The number of ketones is 2. The summed E-state index contributed by atoms with van der Waals surface area (Å²) >= 11 is 0. The number of ether oxygens (including phenoxy) is 2. The molecular formula is C36H44N2O6. The molecule has 0 saturated heterocycles. The van der Waals surface area contributed by atoms with E-state index in [1.807, 2.05) is 77.9 Å². The first-order valence-corrected chi connectivity index (χ1v) is 15.6. The number of methoxy groups -OCH3 is 2. The highest BCUT2D eigenvalue weighted by Gasteiger charge is 2.73. The Morgan fingerprint density at radius 3 is 1.25 bits per heavy atom. The van der Waals surface area contributed by atoms with Crippen LogP contribution < -0.4 is 20.1 Å². The van der Waals surface area contributed by atoms with Crippen molar-refractivity contribution in [1.82, 2.24) is 0 Å². The van der Waals surface area contributed by atoms with Crippen LogP contribution in [0.25, 0.3) is 11.1 Å². The van der Waals surface area contributed by atoms with Crippen LogP contribution in [0.5, 0.6) is 11.5 Å². The van der Waals surface area contributed by atoms with E-state index in [1.54, 1.807) is 14.2 Å². The molecular weight excluding hydrogens is 556 g/mol. The van der Waals surface area contributed by atoms with Crippen LogP contribution >= 0.6 is 0 Å². The zero-order valence-corrected chi connectivity index (χ0v) is 27.2. The van der Waals surface area contributed by atoms with Crippen molar-refractivity contribution in [3.05, 3.63) is 36.4 Å². The van der Waals surface area contributed by atoms with Gasteiger partial charge in [0.05, 0.1) is 36.4 Å². The molecule has 4 atom stereocenters. The number of Topliss-reactive ketones (excluding diaryl/α,β-unsaturated/α-hetero) is 2. The Balaban J connectivity index is 1.24. The summed E-state index contributed by atoms with van der Waals surface area (Å²) in [5, 5.41) is 6.17. The van der Waals surface area contributed by atoms with Gasteiger partial charge in [0, 0.05) is 23.7 Å². The van der Waals surface area contributed by atoms with Crippen LogP contribution in [0, 0.1) is 32.5 Å². The average Bonchev–Trinajstić information content (AvgIpc) is 3.45. The lowest BCUT2D eigenvalue weighted by atomic mass is 9.64. The maximum atomic E-state index is 13.8. The van der Waals surface area contributed by atoms with E-state index in [-0.39, 0.29) is 36.2 Å². The lowest BCUT2D eigenvalue weighted by Gasteiger charge is -2.38. The highest BCUT2D eigenvalue weighted by molar-refractivity contribution is 6.06. The van der Waals surface area contributed by atoms with Gasteiger partial charge < -0.3 is 20.1 Å². The first kappa shape index (κ1) is 30.4. The fourth-order valence-corrected chi connectivity index (χ4v) is 9.15. The summed E-state index contributed by atoms with van der Waals surface area (Å²) in [6.45, 7) is 12.2. The second-order valence-electron chi connectivity index (χ2n) is 15.0. The number of rotatable bonds is 7. The van der Waals surface area contributed by atoms with Gasteiger partial charge in [0.15, 0.2) is 0 Å². The van der Waals surface area contributed by atoms with Crippen molar-refractivity contribution >= 4 is 34.8 Å². The minimum absolute atomic E-state index is 0.140. The molecule has 4 fully saturated rings. The lowest BCUT2D eigenvalue weighted by molar-refractivity contribution is -0.131. The Labute approximate surface area is 259 Å². The van der Waals surface area contributed by atoms with E-state index in [9.17, 15) is 19.2 Å². The molecule has 0 unspecified atom stereocenters. The quantitative estimate of drug-likeness (QED) is 0.361. The molecule has 4 bridgehead atoms. The molecule has 4 saturated carbocycles. The van der Waals surface area contributed by atoms with Crippen molar-refractivity contribution < 1.29 is 28.7 Å². The maximum absolute atomic E-state index is 13.8. The Bertz CT molecular complexity index is 1510. The summed E-state index contributed by atoms with van der Waals surface area (Å²) < 4.78 is 11.4. The van der Waals surface area contributed by atoms with Gasteiger partial charge in [-0.2, -0.15) is 0 Å². The highest BCUT2D eigenvalue weighted by Crippen LogP contribution is 2.72. The van der Waals surface area contributed by atoms with Gasteiger partial charge in [0.1, 0.15) is 23.1 Å². The van der Waals surface area contributed by atoms with E-state index >= 15 is 0 Å². The first-order chi connectivity index (χ1) is 20.5. The second-order valence-corrected chi connectivity index (χ2v) is 15.0. The number of fused-ring (bicyclic) bond motifs is 4. The fourth-order valence-electron chi connectivity index (χ4n) is 9.15. The molecule has 2 aromatic carbocycles. The molecule has 8 nitrogen and oxygen atoms in total. The SMILES string of the molecule is COc1cc(-c2ccc(NC(=O)[C@@]34CC[C@](C)(C(=O)C3)C4(C)C)c(OC)c2)ccc1NC(=O)[C@@]12CC[C@@](C)(C(=O)C1)C2(C)C. The van der Waals surface area contributed by atoms with Crippen molar-refractivity contribution in [3.63, 3.8) is 0 Å². The van der Waals surface area contributed by atoms with E-state index in [0.29, 0.717) is 35.7 Å². The monoisotopic (exact) mass is 600 g/mol. The number of carbonyl (C=O) groups excluding carboxylic acids is 4. The second kappa shape index (κ2) is 9.41. The minimum Gasteiger partial charge on any atom is -0.495 e. The summed E-state index contributed by atoms with van der Waals surface area (Å²) in [5.41, 5.74) is -0.556. The Kier molecular flexibility index (Phi) is 6.49. The predicted octanol–water partition coefficient (Wildman–Crippen LogP) is 6.82. The topological polar surface area (TPSA) is 111 Å². The van der Waals surface area contributed by atoms with Gasteiger partial charge in [-0.3, -0.25) is 19.2 Å². The molecule has 234 valence electrons. The van der Waals surface area contributed by atoms with Gasteiger partial charge in [-0.15, -0.1) is 0 Å². The van der Waals surface area contributed by atoms with Crippen LogP contribution in [0.1, 0.15) is 80.1 Å². The molecule has 2 N–H and O–H groups in total. The zero-order chi connectivity index (χ0) is 32.1. The van der Waals surface area contributed by atoms with E-state index in [4.69, 9.17) is 9.47 Å². The smallest absolute Gasteiger partial charge is 0.231 e. The van der Waals surface area contributed by atoms with Crippen LogP contribution in [0.4, 0.5) is 11.4 Å². The molecule has 2 amide bonds. The van der Waals surface area contributed by atoms with Gasteiger partial charge in [0.25, 0.3) is 0 Å². The summed E-state index contributed by atoms with van der Waals surface area (Å²) in [6.07, 6.45) is 3.34. The fraction of sp³-hybridized carbons (Fsp3) is 0.556. The Morgan fingerprint density at radius 2 is 0.977 bits per heavy atom. The van der Waals surface area contributed by atoms with Crippen molar-refractivity contribution in [3.8, 4) is 22.6 Å². The Morgan fingerprint density at radius 1 is 0.614 bits per heavy atom. The molecule has 4 aliphatic rings. The van der Waals surface area contributed by atoms with Crippen LogP contribution in [-0.4, -0.2) is 37.6 Å². The molecule has 44 heavy (non-hydrogen) atoms. The molecule has 0 spiro atoms. The third-order valence-electron chi connectivity index (χ3n) is 13.5. The third kappa shape index (κ3) is 3.57. The molecule has 8 heteroatoms. The van der Waals surface area contributed by atoms with Crippen LogP contribution in [0.15, 0.2) is 36.4 Å². The number of nitrogens with one attached hydrogen (secondary N) is 2. The summed E-state index contributed by atoms with van der Waals surface area (Å²) in [6, 6.07) is 11.1. The van der Waals surface area contributed by atoms with Gasteiger partial charge >= 0.3 is 0 Å². The van der Waals surface area contributed by atoms with Crippen molar-refractivity contribution in [2.75, 3.05) is 24.9 Å². The summed E-state index contributed by atoms with van der Waals surface area (Å²) in [5.74, 6) is 1.06. The zero-order valence-electron chi connectivity index (χ0n) is 27.2. The van der Waals surface area contributed by atoms with E-state index in [0.717, 1.165) is 24.0 Å². The minimum atomic E-state index is -0.742. The molecule has 0 radical (unpaired) electrons. The van der Waals surface area contributed by atoms with E-state index in [2.05, 4.69) is 10.6 Å². The van der Waals surface area contributed by atoms with Crippen LogP contribution in [0.3, 0.4) is 0 Å². The number of hydrogen-bond donors (Lipinski definition) is 2. The molecule has 2 aromatic rings. The van der Waals surface area contributed by atoms with Crippen molar-refractivity contribution in [1.29, 1.82) is 0 Å². The largest absolute Gasteiger partial charge is 0.495 e. The average molecular weight is 601 g/mol. The molecule has 0 heterocycles. The number of carbonyl (C=O) groups is 4. The maximum Gasteiger partial charge on any atom is 0.231 e. The van der Waals surface area contributed by atoms with Gasteiger partial charge in [-0.1, -0.05) is 53.7 Å². The normalized spacial score (nSPS) is 32.5. The lowest BCUT2D eigenvalue weighted by Crippen LogP contribution is -2.43. The summed E-state index contributed by atoms with van der Waals surface area (Å²) in [7, 11) is 3.12. The molecule has 4 aliphatic carbocycles.